The first-order valence-electron chi connectivity index (χ1n) is 12.9. The minimum Gasteiger partial charge on any atom is -0.357 e. The van der Waals surface area contributed by atoms with E-state index in [2.05, 4.69) is 31.7 Å². The van der Waals surface area contributed by atoms with Crippen LogP contribution in [0.3, 0.4) is 0 Å². The van der Waals surface area contributed by atoms with E-state index in [1.54, 1.807) is 18.3 Å². The van der Waals surface area contributed by atoms with Crippen LogP contribution in [0.25, 0.3) is 44.0 Å². The summed E-state index contributed by atoms with van der Waals surface area (Å²) in [7, 11) is -5.21. The molecule has 0 radical (unpaired) electrons. The molecule has 3 heterocycles. The summed E-state index contributed by atoms with van der Waals surface area (Å²) < 4.78 is 42.1. The van der Waals surface area contributed by atoms with Crippen LogP contribution in [-0.4, -0.2) is 23.0 Å². The highest BCUT2D eigenvalue weighted by molar-refractivity contribution is 7.81. The van der Waals surface area contributed by atoms with Crippen molar-refractivity contribution in [2.45, 2.75) is 51.5 Å². The number of rotatable bonds is 7. The molecule has 6 rings (SSSR count). The molecule has 1 N–H and O–H groups in total. The lowest BCUT2D eigenvalue weighted by Crippen LogP contribution is -2.21. The van der Waals surface area contributed by atoms with E-state index in [4.69, 9.17) is 0 Å². The summed E-state index contributed by atoms with van der Waals surface area (Å²) >= 11 is 0. The van der Waals surface area contributed by atoms with Gasteiger partial charge in [0.1, 0.15) is 5.65 Å². The van der Waals surface area contributed by atoms with Crippen LogP contribution in [0.15, 0.2) is 53.6 Å². The molecule has 39 heavy (non-hydrogen) atoms. The molecule has 1 aliphatic carbocycles. The summed E-state index contributed by atoms with van der Waals surface area (Å²) in [5, 5.41) is 11.4. The highest BCUT2D eigenvalue weighted by Gasteiger charge is 2.26. The highest BCUT2D eigenvalue weighted by atomic mass is 32.3. The van der Waals surface area contributed by atoms with Crippen molar-refractivity contribution in [3.63, 3.8) is 0 Å². The molecule has 3 aromatic heterocycles. The maximum absolute atomic E-state index is 14.0. The van der Waals surface area contributed by atoms with Crippen molar-refractivity contribution in [2.75, 3.05) is 0 Å². The molecule has 1 saturated carbocycles. The lowest BCUT2D eigenvalue weighted by molar-refractivity contribution is 0.327. The van der Waals surface area contributed by atoms with Crippen molar-refractivity contribution in [3.05, 3.63) is 70.1 Å². The Morgan fingerprint density at radius 1 is 1.18 bits per heavy atom. The Kier molecular flexibility index (Phi) is 6.11. The zero-order chi connectivity index (χ0) is 27.3. The summed E-state index contributed by atoms with van der Waals surface area (Å²) in [4.78, 5) is 21.5. The number of aromatic amines is 1. The van der Waals surface area contributed by atoms with Gasteiger partial charge in [-0.3, -0.25) is 9.78 Å². The lowest BCUT2D eigenvalue weighted by atomic mass is 9.90. The molecule has 0 saturated heterocycles. The molecule has 198 valence electrons. The fraction of sp³-hybridized carbons (Fsp3) is 0.276. The third kappa shape index (κ3) is 4.42. The number of H-pyrrole nitrogens is 1. The van der Waals surface area contributed by atoms with E-state index in [1.807, 2.05) is 18.2 Å². The molecule has 2 aromatic carbocycles. The van der Waals surface area contributed by atoms with Gasteiger partial charge in [0, 0.05) is 34.1 Å². The van der Waals surface area contributed by atoms with Crippen LogP contribution in [0.2, 0.25) is 0 Å². The van der Waals surface area contributed by atoms with Crippen molar-refractivity contribution in [3.8, 4) is 22.9 Å². The third-order valence-electron chi connectivity index (χ3n) is 7.56. The summed E-state index contributed by atoms with van der Waals surface area (Å²) in [6.45, 7) is 2.08. The normalized spacial score (nSPS) is 14.1. The maximum Gasteiger partial charge on any atom is 0.488 e. The second-order valence-electron chi connectivity index (χ2n) is 10.0. The predicted octanol–water partition coefficient (Wildman–Crippen LogP) is 6.23. The van der Waals surface area contributed by atoms with Crippen molar-refractivity contribution in [1.82, 2.24) is 14.5 Å². The number of hydrogen-bond donors (Lipinski definition) is 1. The number of nitrogens with zero attached hydrogens (tertiary/aromatic N) is 3. The van der Waals surface area contributed by atoms with Crippen LogP contribution >= 0.6 is 0 Å². The average molecular weight is 545 g/mol. The topological polar surface area (TPSA) is 118 Å². The largest absolute Gasteiger partial charge is 0.488 e. The highest BCUT2D eigenvalue weighted by Crippen LogP contribution is 2.40. The van der Waals surface area contributed by atoms with E-state index in [0.717, 1.165) is 65.8 Å². The Balaban J connectivity index is 1.68. The van der Waals surface area contributed by atoms with Gasteiger partial charge in [-0.05, 0) is 73.6 Å². The van der Waals surface area contributed by atoms with Crippen LogP contribution in [0.5, 0.6) is 5.75 Å². The van der Waals surface area contributed by atoms with E-state index in [9.17, 15) is 22.4 Å². The minimum absolute atomic E-state index is 0.0884. The van der Waals surface area contributed by atoms with Gasteiger partial charge in [-0.1, -0.05) is 23.3 Å². The van der Waals surface area contributed by atoms with Gasteiger partial charge in [0.05, 0.1) is 28.7 Å². The zero-order valence-corrected chi connectivity index (χ0v) is 22.0. The second kappa shape index (κ2) is 9.50. The molecular formula is C29H25FN4O4S. The summed E-state index contributed by atoms with van der Waals surface area (Å²) in [5.41, 5.74) is 4.88. The molecule has 8 nitrogen and oxygen atoms in total. The number of nitrogens with one attached hydrogen (secondary N) is 1. The minimum atomic E-state index is -5.21. The molecule has 1 fully saturated rings. The number of aromatic nitrogens is 3. The van der Waals surface area contributed by atoms with E-state index in [0.29, 0.717) is 34.0 Å². The summed E-state index contributed by atoms with van der Waals surface area (Å²) in [5.74, 6) is -0.229. The summed E-state index contributed by atoms with van der Waals surface area (Å²) in [6.07, 6.45) is 8.25. The molecule has 5 aromatic rings. The first-order valence-corrected chi connectivity index (χ1v) is 14.2. The quantitative estimate of drug-likeness (QED) is 0.243. The number of aryl methyl sites for hydroxylation is 1. The number of pyridine rings is 2. The van der Waals surface area contributed by atoms with E-state index >= 15 is 0 Å². The number of unbranched alkanes of at least 4 members (excludes halogenated alkanes) is 1. The Bertz CT molecular complexity index is 1980. The average Bonchev–Trinajstić information content (AvgIpc) is 3.26. The smallest absolute Gasteiger partial charge is 0.357 e. The number of fused-ring (bicyclic) bond motifs is 4. The van der Waals surface area contributed by atoms with Gasteiger partial charge in [-0.15, -0.1) is 0 Å². The maximum atomic E-state index is 14.0. The molecule has 0 amide bonds. The molecule has 0 spiro atoms. The number of hydrogen-bond acceptors (Lipinski definition) is 6. The molecular weight excluding hydrogens is 519 g/mol. The van der Waals surface area contributed by atoms with Gasteiger partial charge in [0.2, 0.25) is 0 Å². The molecule has 0 bridgehead atoms. The van der Waals surface area contributed by atoms with Crippen molar-refractivity contribution < 1.29 is 16.5 Å². The number of halogens is 1. The number of benzene rings is 2. The summed E-state index contributed by atoms with van der Waals surface area (Å²) in [6, 6.07) is 13.0. The van der Waals surface area contributed by atoms with Gasteiger partial charge in [-0.2, -0.15) is 13.7 Å². The van der Waals surface area contributed by atoms with Crippen molar-refractivity contribution in [2.24, 2.45) is 0 Å². The van der Waals surface area contributed by atoms with E-state index < -0.39 is 10.5 Å². The van der Waals surface area contributed by atoms with Gasteiger partial charge in [0.25, 0.3) is 0 Å². The van der Waals surface area contributed by atoms with Gasteiger partial charge < -0.3 is 13.7 Å². The predicted molar refractivity (Wildman–Crippen MR) is 148 cm³/mol. The van der Waals surface area contributed by atoms with Crippen LogP contribution in [0, 0.1) is 11.3 Å². The van der Waals surface area contributed by atoms with Gasteiger partial charge >= 0.3 is 10.5 Å². The van der Waals surface area contributed by atoms with Crippen LogP contribution in [0.1, 0.15) is 56.2 Å². The fourth-order valence-corrected chi connectivity index (χ4v) is 5.85. The first kappa shape index (κ1) is 25.1. The Labute approximate surface area is 224 Å². The molecule has 0 aliphatic heterocycles. The third-order valence-corrected chi connectivity index (χ3v) is 7.95. The zero-order valence-electron chi connectivity index (χ0n) is 21.2. The lowest BCUT2D eigenvalue weighted by Gasteiger charge is -2.31. The van der Waals surface area contributed by atoms with Crippen LogP contribution < -0.4 is 9.61 Å². The molecule has 10 heteroatoms. The molecule has 0 atom stereocenters. The monoisotopic (exact) mass is 544 g/mol. The van der Waals surface area contributed by atoms with Crippen LogP contribution in [0.4, 0.5) is 3.89 Å². The SMILES string of the molecule is CCCCc1cc2c(=O)c3c4ccc(C#N)cc4[nH]c3n(C3CCC3)c2cc1-c1cncc(OS(=O)(=O)F)c1. The van der Waals surface area contributed by atoms with E-state index in [1.165, 1.54) is 6.07 Å². The second-order valence-corrected chi connectivity index (χ2v) is 11.0. The fourth-order valence-electron chi connectivity index (χ4n) is 5.53. The molecule has 1 aliphatic rings. The van der Waals surface area contributed by atoms with Gasteiger partial charge in [-0.25, -0.2) is 0 Å². The number of nitriles is 1. The first-order chi connectivity index (χ1) is 18.8. The Morgan fingerprint density at radius 2 is 2.00 bits per heavy atom. The van der Waals surface area contributed by atoms with E-state index in [-0.39, 0.29) is 17.2 Å². The van der Waals surface area contributed by atoms with Crippen molar-refractivity contribution in [1.29, 1.82) is 5.26 Å². The van der Waals surface area contributed by atoms with Gasteiger partial charge in [0.15, 0.2) is 11.2 Å². The standard InChI is InChI=1S/C29H25FN4O4S/c1-2-3-5-18-12-24-26(13-23(18)19-11-21(16-32-15-19)38-39(30,36)37)34(20-6-4-7-20)29-27(28(24)35)22-9-8-17(14-31)10-25(22)33-29/h8-13,15-16,20,33H,2-7H2,1H3. The Morgan fingerprint density at radius 3 is 2.69 bits per heavy atom. The van der Waals surface area contributed by atoms with Crippen molar-refractivity contribution >= 4 is 43.3 Å². The Hall–Kier alpha value is -4.23. The molecule has 0 unspecified atom stereocenters. The van der Waals surface area contributed by atoms with Crippen LogP contribution in [-0.2, 0) is 16.9 Å².